The zero-order chi connectivity index (χ0) is 26.1. The normalized spacial score (nSPS) is 15.1. The topological polar surface area (TPSA) is 92.9 Å². The van der Waals surface area contributed by atoms with E-state index in [2.05, 4.69) is 68.4 Å². The van der Waals surface area contributed by atoms with Gasteiger partial charge in [-0.15, -0.1) is 11.3 Å². The van der Waals surface area contributed by atoms with E-state index >= 15 is 0 Å². The second-order valence-corrected chi connectivity index (χ2v) is 10.9. The Balaban J connectivity index is 1.17. The molecule has 1 aliphatic heterocycles. The van der Waals surface area contributed by atoms with Crippen molar-refractivity contribution in [2.75, 3.05) is 31.5 Å². The molecular formula is C29H33N7OS. The molecule has 8 nitrogen and oxygen atoms in total. The van der Waals surface area contributed by atoms with Crippen LogP contribution in [0.15, 0.2) is 54.2 Å². The smallest absolute Gasteiger partial charge is 0.275 e. The Hall–Kier alpha value is -3.53. The fourth-order valence-corrected chi connectivity index (χ4v) is 6.42. The maximum atomic E-state index is 13.3. The van der Waals surface area contributed by atoms with Crippen molar-refractivity contribution in [1.29, 1.82) is 0 Å². The molecule has 6 rings (SSSR count). The number of hydrogen-bond donors (Lipinski definition) is 3. The molecule has 5 aromatic rings. The molecule has 0 saturated carbocycles. The van der Waals surface area contributed by atoms with E-state index in [9.17, 15) is 4.79 Å². The zero-order valence-electron chi connectivity index (χ0n) is 21.8. The third-order valence-corrected chi connectivity index (χ3v) is 8.56. The molecule has 3 aromatic heterocycles. The number of amides is 1. The summed E-state index contributed by atoms with van der Waals surface area (Å²) < 4.78 is 0. The number of rotatable bonds is 8. The summed E-state index contributed by atoms with van der Waals surface area (Å²) in [6, 6.07) is 13.0. The van der Waals surface area contributed by atoms with Crippen LogP contribution in [0.4, 0.5) is 5.69 Å². The van der Waals surface area contributed by atoms with Crippen LogP contribution in [0.3, 0.4) is 0 Å². The fraction of sp³-hybridized carbons (Fsp3) is 0.345. The Morgan fingerprint density at radius 3 is 2.74 bits per heavy atom. The van der Waals surface area contributed by atoms with Gasteiger partial charge in [-0.2, -0.15) is 5.10 Å². The van der Waals surface area contributed by atoms with Gasteiger partial charge in [0.2, 0.25) is 0 Å². The van der Waals surface area contributed by atoms with Crippen molar-refractivity contribution in [3.8, 4) is 11.1 Å². The number of carbonyl (C=O) groups is 1. The van der Waals surface area contributed by atoms with Crippen molar-refractivity contribution in [3.05, 3.63) is 64.9 Å². The quantitative estimate of drug-likeness (QED) is 0.240. The molecule has 0 atom stereocenters. The molecule has 0 bridgehead atoms. The van der Waals surface area contributed by atoms with Crippen molar-refractivity contribution in [3.63, 3.8) is 0 Å². The van der Waals surface area contributed by atoms with Crippen LogP contribution < -0.4 is 5.32 Å². The summed E-state index contributed by atoms with van der Waals surface area (Å²) in [4.78, 5) is 26.3. The van der Waals surface area contributed by atoms with Crippen molar-refractivity contribution in [2.45, 2.75) is 39.3 Å². The molecule has 4 heterocycles. The van der Waals surface area contributed by atoms with E-state index in [1.165, 1.54) is 12.8 Å². The lowest BCUT2D eigenvalue weighted by Gasteiger charge is -2.38. The van der Waals surface area contributed by atoms with Crippen molar-refractivity contribution < 1.29 is 4.79 Å². The van der Waals surface area contributed by atoms with Crippen LogP contribution in [0.5, 0.6) is 0 Å². The van der Waals surface area contributed by atoms with Crippen molar-refractivity contribution >= 4 is 44.7 Å². The van der Waals surface area contributed by atoms with Gasteiger partial charge < -0.3 is 10.3 Å². The number of aromatic nitrogens is 4. The molecule has 2 aromatic carbocycles. The minimum Gasteiger partial charge on any atom is -0.361 e. The van der Waals surface area contributed by atoms with E-state index in [-0.39, 0.29) is 5.91 Å². The van der Waals surface area contributed by atoms with Crippen molar-refractivity contribution in [2.24, 2.45) is 0 Å². The number of nitrogens with one attached hydrogen (secondary N) is 3. The van der Waals surface area contributed by atoms with E-state index in [0.717, 1.165) is 76.4 Å². The van der Waals surface area contributed by atoms with Gasteiger partial charge in [0.1, 0.15) is 10.7 Å². The van der Waals surface area contributed by atoms with Crippen LogP contribution in [0, 0.1) is 0 Å². The first-order chi connectivity index (χ1) is 18.6. The number of thiazole rings is 1. The monoisotopic (exact) mass is 527 g/mol. The Bertz CT molecular complexity index is 1560. The van der Waals surface area contributed by atoms with E-state index in [1.807, 2.05) is 23.7 Å². The summed E-state index contributed by atoms with van der Waals surface area (Å²) in [5.41, 5.74) is 5.22. The van der Waals surface area contributed by atoms with Crippen LogP contribution in [-0.2, 0) is 6.54 Å². The number of anilines is 1. The number of hydrogen-bond acceptors (Lipinski definition) is 6. The second kappa shape index (κ2) is 10.7. The third kappa shape index (κ3) is 4.84. The molecule has 38 heavy (non-hydrogen) atoms. The van der Waals surface area contributed by atoms with Crippen LogP contribution in [0.2, 0.25) is 0 Å². The Labute approximate surface area is 226 Å². The molecule has 0 spiro atoms. The summed E-state index contributed by atoms with van der Waals surface area (Å²) in [6.07, 6.45) is 6.10. The van der Waals surface area contributed by atoms with E-state index in [0.29, 0.717) is 11.7 Å². The molecule has 1 fully saturated rings. The molecule has 0 unspecified atom stereocenters. The summed E-state index contributed by atoms with van der Waals surface area (Å²) in [5.74, 6) is -0.203. The molecular weight excluding hydrogens is 494 g/mol. The summed E-state index contributed by atoms with van der Waals surface area (Å²) in [6.45, 7) is 9.61. The van der Waals surface area contributed by atoms with Gasteiger partial charge >= 0.3 is 0 Å². The van der Waals surface area contributed by atoms with Crippen LogP contribution >= 0.6 is 11.3 Å². The molecule has 1 saturated heterocycles. The predicted molar refractivity (Wildman–Crippen MR) is 155 cm³/mol. The predicted octanol–water partition coefficient (Wildman–Crippen LogP) is 5.73. The number of benzene rings is 2. The Morgan fingerprint density at radius 2 is 1.92 bits per heavy atom. The molecule has 1 aliphatic rings. The summed E-state index contributed by atoms with van der Waals surface area (Å²) in [7, 11) is 0. The van der Waals surface area contributed by atoms with Gasteiger partial charge in [-0.25, -0.2) is 4.98 Å². The maximum absolute atomic E-state index is 13.3. The van der Waals surface area contributed by atoms with Crippen LogP contribution in [0.25, 0.3) is 32.9 Å². The summed E-state index contributed by atoms with van der Waals surface area (Å²) >= 11 is 1.56. The van der Waals surface area contributed by atoms with E-state index < -0.39 is 0 Å². The lowest BCUT2D eigenvalue weighted by molar-refractivity contribution is 0.0879. The number of aromatic amines is 2. The number of nitrogens with zero attached hydrogens (tertiary/aromatic N) is 4. The minimum absolute atomic E-state index is 0.203. The largest absolute Gasteiger partial charge is 0.361 e. The number of carbonyl (C=O) groups excluding carboxylic acids is 1. The number of H-pyrrole nitrogens is 2. The van der Waals surface area contributed by atoms with Gasteiger partial charge in [-0.05, 0) is 48.2 Å². The number of piperazine rings is 1. The molecule has 1 amide bonds. The first kappa shape index (κ1) is 24.8. The highest BCUT2D eigenvalue weighted by Gasteiger charge is 2.23. The van der Waals surface area contributed by atoms with Gasteiger partial charge in [0.05, 0.1) is 23.9 Å². The first-order valence-electron chi connectivity index (χ1n) is 13.4. The van der Waals surface area contributed by atoms with Gasteiger partial charge in [0.25, 0.3) is 5.91 Å². The highest BCUT2D eigenvalue weighted by molar-refractivity contribution is 7.09. The lowest BCUT2D eigenvalue weighted by atomic mass is 9.99. The summed E-state index contributed by atoms with van der Waals surface area (Å²) in [5, 5.41) is 15.2. The van der Waals surface area contributed by atoms with Gasteiger partial charge in [-0.3, -0.25) is 19.7 Å². The van der Waals surface area contributed by atoms with Crippen molar-refractivity contribution in [1.82, 2.24) is 30.0 Å². The van der Waals surface area contributed by atoms with E-state index in [1.54, 1.807) is 17.5 Å². The van der Waals surface area contributed by atoms with Gasteiger partial charge in [0, 0.05) is 60.1 Å². The molecule has 0 aliphatic carbocycles. The fourth-order valence-electron chi connectivity index (χ4n) is 5.60. The standard InChI is InChI=1S/C29H33N7OS/c1-3-20(4-2)36-12-10-35(11-13-36)17-28-32-27(18-38-28)29(37)33-25-14-19(15-26-23(25)16-31-34-26)21-6-5-7-24-22(21)8-9-30-24/h5-9,14-16,18,20,30H,3-4,10-13,17H2,1-2H3,(H,31,34)(H,33,37). The van der Waals surface area contributed by atoms with E-state index in [4.69, 9.17) is 4.98 Å². The maximum Gasteiger partial charge on any atom is 0.275 e. The zero-order valence-corrected chi connectivity index (χ0v) is 22.6. The average Bonchev–Trinajstić information content (AvgIpc) is 3.71. The minimum atomic E-state index is -0.203. The highest BCUT2D eigenvalue weighted by Crippen LogP contribution is 2.34. The van der Waals surface area contributed by atoms with Gasteiger partial charge in [0.15, 0.2) is 0 Å². The average molecular weight is 528 g/mol. The third-order valence-electron chi connectivity index (χ3n) is 7.72. The molecule has 0 radical (unpaired) electrons. The van der Waals surface area contributed by atoms with Crippen LogP contribution in [-0.4, -0.2) is 68.1 Å². The SMILES string of the molecule is CCC(CC)N1CCN(Cc2nc(C(=O)Nc3cc(-c4cccc5[nH]ccc45)cc4[nH]ncc34)cs2)CC1. The number of fused-ring (bicyclic) bond motifs is 2. The Kier molecular flexibility index (Phi) is 6.97. The molecule has 196 valence electrons. The van der Waals surface area contributed by atoms with Crippen LogP contribution in [0.1, 0.15) is 42.2 Å². The first-order valence-corrected chi connectivity index (χ1v) is 14.3. The highest BCUT2D eigenvalue weighted by atomic mass is 32.1. The molecule has 9 heteroatoms. The second-order valence-electron chi connectivity index (χ2n) is 9.96. The Morgan fingerprint density at radius 1 is 1.08 bits per heavy atom. The molecule has 3 N–H and O–H groups in total. The van der Waals surface area contributed by atoms with Gasteiger partial charge in [-0.1, -0.05) is 26.0 Å². The lowest BCUT2D eigenvalue weighted by Crippen LogP contribution is -2.49.